The highest BCUT2D eigenvalue weighted by atomic mass is 79.9. The van der Waals surface area contributed by atoms with Gasteiger partial charge >= 0.3 is 0 Å². The van der Waals surface area contributed by atoms with Crippen molar-refractivity contribution in [3.8, 4) is 0 Å². The summed E-state index contributed by atoms with van der Waals surface area (Å²) >= 11 is 6.98. The average molecular weight is 292 g/mol. The van der Waals surface area contributed by atoms with E-state index in [4.69, 9.17) is 0 Å². The number of hydrogen-bond donors (Lipinski definition) is 0. The van der Waals surface area contributed by atoms with E-state index in [0.29, 0.717) is 5.92 Å². The van der Waals surface area contributed by atoms with Crippen molar-refractivity contribution in [3.05, 3.63) is 32.7 Å². The van der Waals surface area contributed by atoms with Crippen molar-refractivity contribution in [1.82, 2.24) is 0 Å². The van der Waals surface area contributed by atoms with Crippen molar-refractivity contribution >= 4 is 31.9 Å². The summed E-state index contributed by atoms with van der Waals surface area (Å²) in [6, 6.07) is 6.34. The fraction of sp³-hybridized carbons (Fsp3) is 0.400. The topological polar surface area (TPSA) is 0 Å². The minimum Gasteiger partial charge on any atom is -0.0625 e. The molecule has 0 aliphatic rings. The quantitative estimate of drug-likeness (QED) is 0.757. The van der Waals surface area contributed by atoms with Crippen LogP contribution in [0.1, 0.15) is 19.4 Å². The zero-order valence-electron chi connectivity index (χ0n) is 7.27. The standard InChI is InChI=1S/C10H12Br2/c1-7(2)5-8-3-4-9(11)6-10(8)12/h3-4,6-7H,5H2,1-2H3. The molecule has 0 saturated carbocycles. The Balaban J connectivity index is 2.86. The van der Waals surface area contributed by atoms with Gasteiger partial charge in [-0.15, -0.1) is 0 Å². The maximum Gasteiger partial charge on any atom is 0.0218 e. The summed E-state index contributed by atoms with van der Waals surface area (Å²) in [6.07, 6.45) is 1.13. The van der Waals surface area contributed by atoms with E-state index in [1.807, 2.05) is 0 Å². The smallest absolute Gasteiger partial charge is 0.0218 e. The van der Waals surface area contributed by atoms with Gasteiger partial charge in [0.2, 0.25) is 0 Å². The number of rotatable bonds is 2. The third-order valence-electron chi connectivity index (χ3n) is 1.64. The molecule has 0 heterocycles. The first kappa shape index (κ1) is 10.3. The predicted octanol–water partition coefficient (Wildman–Crippen LogP) is 4.41. The van der Waals surface area contributed by atoms with Crippen LogP contribution in [0.15, 0.2) is 27.1 Å². The number of halogens is 2. The van der Waals surface area contributed by atoms with Crippen LogP contribution in [-0.4, -0.2) is 0 Å². The minimum absolute atomic E-state index is 0.711. The molecular weight excluding hydrogens is 280 g/mol. The Bertz CT molecular complexity index is 267. The van der Waals surface area contributed by atoms with E-state index in [0.717, 1.165) is 10.9 Å². The fourth-order valence-electron chi connectivity index (χ4n) is 1.13. The van der Waals surface area contributed by atoms with Crippen molar-refractivity contribution in [1.29, 1.82) is 0 Å². The summed E-state index contributed by atoms with van der Waals surface area (Å²) in [6.45, 7) is 4.46. The SMILES string of the molecule is CC(C)Cc1ccc(Br)cc1Br. The van der Waals surface area contributed by atoms with E-state index >= 15 is 0 Å². The van der Waals surface area contributed by atoms with Gasteiger partial charge in [0.05, 0.1) is 0 Å². The molecule has 1 aromatic carbocycles. The molecule has 0 radical (unpaired) electrons. The molecule has 0 amide bonds. The molecule has 0 nitrogen and oxygen atoms in total. The van der Waals surface area contributed by atoms with Gasteiger partial charge in [0.15, 0.2) is 0 Å². The van der Waals surface area contributed by atoms with Gasteiger partial charge < -0.3 is 0 Å². The van der Waals surface area contributed by atoms with Crippen molar-refractivity contribution < 1.29 is 0 Å². The Morgan fingerprint density at radius 3 is 2.42 bits per heavy atom. The van der Waals surface area contributed by atoms with Crippen molar-refractivity contribution in [3.63, 3.8) is 0 Å². The number of hydrogen-bond acceptors (Lipinski definition) is 0. The molecular formula is C10H12Br2. The Morgan fingerprint density at radius 2 is 1.92 bits per heavy atom. The molecule has 0 aliphatic heterocycles. The monoisotopic (exact) mass is 290 g/mol. The molecule has 0 atom stereocenters. The van der Waals surface area contributed by atoms with Crippen molar-refractivity contribution in [2.24, 2.45) is 5.92 Å². The van der Waals surface area contributed by atoms with Gasteiger partial charge in [-0.3, -0.25) is 0 Å². The van der Waals surface area contributed by atoms with E-state index in [2.05, 4.69) is 63.9 Å². The largest absolute Gasteiger partial charge is 0.0625 e. The summed E-state index contributed by atoms with van der Waals surface area (Å²) in [5.74, 6) is 0.711. The van der Waals surface area contributed by atoms with Gasteiger partial charge in [0.25, 0.3) is 0 Å². The maximum absolute atomic E-state index is 3.55. The molecule has 12 heavy (non-hydrogen) atoms. The highest BCUT2D eigenvalue weighted by molar-refractivity contribution is 9.11. The number of benzene rings is 1. The second-order valence-corrected chi connectivity index (χ2v) is 5.10. The molecule has 0 aromatic heterocycles. The Labute approximate surface area is 90.6 Å². The zero-order valence-corrected chi connectivity index (χ0v) is 10.4. The predicted molar refractivity (Wildman–Crippen MR) is 60.4 cm³/mol. The molecule has 0 unspecified atom stereocenters. The highest BCUT2D eigenvalue weighted by Gasteiger charge is 2.02. The minimum atomic E-state index is 0.711. The molecule has 0 aliphatic carbocycles. The second-order valence-electron chi connectivity index (χ2n) is 3.33. The van der Waals surface area contributed by atoms with Gasteiger partial charge in [-0.25, -0.2) is 0 Å². The van der Waals surface area contributed by atoms with Gasteiger partial charge in [-0.1, -0.05) is 51.8 Å². The molecule has 0 bridgehead atoms. The molecule has 0 saturated heterocycles. The summed E-state index contributed by atoms with van der Waals surface area (Å²) in [4.78, 5) is 0. The lowest BCUT2D eigenvalue weighted by Crippen LogP contribution is -1.94. The summed E-state index contributed by atoms with van der Waals surface area (Å²) in [5.41, 5.74) is 1.38. The van der Waals surface area contributed by atoms with Crippen LogP contribution in [0.3, 0.4) is 0 Å². The van der Waals surface area contributed by atoms with Crippen LogP contribution in [0.5, 0.6) is 0 Å². The van der Waals surface area contributed by atoms with Crippen LogP contribution in [0.2, 0.25) is 0 Å². The summed E-state index contributed by atoms with van der Waals surface area (Å²) < 4.78 is 2.33. The molecule has 1 rings (SSSR count). The van der Waals surface area contributed by atoms with Crippen LogP contribution in [0.4, 0.5) is 0 Å². The fourth-order valence-corrected chi connectivity index (χ4v) is 2.34. The zero-order chi connectivity index (χ0) is 9.14. The molecule has 0 spiro atoms. The van der Waals surface area contributed by atoms with E-state index in [1.165, 1.54) is 10.0 Å². The Kier molecular flexibility index (Phi) is 3.78. The van der Waals surface area contributed by atoms with Crippen LogP contribution in [0, 0.1) is 5.92 Å². The first-order valence-corrected chi connectivity index (χ1v) is 5.62. The van der Waals surface area contributed by atoms with Crippen LogP contribution in [-0.2, 0) is 6.42 Å². The summed E-state index contributed by atoms with van der Waals surface area (Å²) in [7, 11) is 0. The van der Waals surface area contributed by atoms with Crippen molar-refractivity contribution in [2.45, 2.75) is 20.3 Å². The normalized spacial score (nSPS) is 10.8. The van der Waals surface area contributed by atoms with Gasteiger partial charge in [-0.2, -0.15) is 0 Å². The van der Waals surface area contributed by atoms with E-state index < -0.39 is 0 Å². The third-order valence-corrected chi connectivity index (χ3v) is 2.87. The van der Waals surface area contributed by atoms with Gasteiger partial charge in [-0.05, 0) is 30.0 Å². The van der Waals surface area contributed by atoms with Gasteiger partial charge in [0.1, 0.15) is 0 Å². The molecule has 0 N–H and O–H groups in total. The van der Waals surface area contributed by atoms with Crippen LogP contribution >= 0.6 is 31.9 Å². The highest BCUT2D eigenvalue weighted by Crippen LogP contribution is 2.23. The first-order chi connectivity index (χ1) is 5.59. The first-order valence-electron chi connectivity index (χ1n) is 4.03. The maximum atomic E-state index is 3.55. The second kappa shape index (κ2) is 4.43. The van der Waals surface area contributed by atoms with Crippen LogP contribution < -0.4 is 0 Å². The molecule has 0 fully saturated rings. The molecule has 66 valence electrons. The lowest BCUT2D eigenvalue weighted by Gasteiger charge is -2.07. The molecule has 1 aromatic rings. The third kappa shape index (κ3) is 2.91. The molecule has 2 heteroatoms. The average Bonchev–Trinajstić information content (AvgIpc) is 1.94. The van der Waals surface area contributed by atoms with Gasteiger partial charge in [0, 0.05) is 8.95 Å². The Hall–Kier alpha value is 0.180. The Morgan fingerprint density at radius 1 is 1.25 bits per heavy atom. The summed E-state index contributed by atoms with van der Waals surface area (Å²) in [5, 5.41) is 0. The lowest BCUT2D eigenvalue weighted by atomic mass is 10.0. The van der Waals surface area contributed by atoms with E-state index in [-0.39, 0.29) is 0 Å². The van der Waals surface area contributed by atoms with Crippen LogP contribution in [0.25, 0.3) is 0 Å². The van der Waals surface area contributed by atoms with Crippen molar-refractivity contribution in [2.75, 3.05) is 0 Å². The van der Waals surface area contributed by atoms with E-state index in [1.54, 1.807) is 0 Å². The van der Waals surface area contributed by atoms with E-state index in [9.17, 15) is 0 Å². The lowest BCUT2D eigenvalue weighted by molar-refractivity contribution is 0.645.